The number of hydrogen-bond donors (Lipinski definition) is 0. The van der Waals surface area contributed by atoms with E-state index in [9.17, 15) is 12.8 Å². The first-order chi connectivity index (χ1) is 7.58. The SMILES string of the molecule is O=S(=O)([CH]c1ccc(F)cc1)N1CCCC1. The predicted molar refractivity (Wildman–Crippen MR) is 59.5 cm³/mol. The van der Waals surface area contributed by atoms with Crippen molar-refractivity contribution in [1.82, 2.24) is 4.31 Å². The smallest absolute Gasteiger partial charge is 0.211 e. The largest absolute Gasteiger partial charge is 0.222 e. The zero-order chi connectivity index (χ0) is 11.6. The van der Waals surface area contributed by atoms with Crippen molar-refractivity contribution in [2.75, 3.05) is 13.1 Å². The Bertz CT molecular complexity index is 449. The van der Waals surface area contributed by atoms with Gasteiger partial charge in [-0.05, 0) is 30.5 Å². The van der Waals surface area contributed by atoms with Crippen molar-refractivity contribution >= 4 is 10.0 Å². The number of halogens is 1. The minimum atomic E-state index is -3.34. The summed E-state index contributed by atoms with van der Waals surface area (Å²) >= 11 is 0. The molecule has 0 atom stereocenters. The molecular formula is C11H13FNO2S. The molecule has 87 valence electrons. The van der Waals surface area contributed by atoms with Gasteiger partial charge in [0.05, 0.1) is 0 Å². The second-order valence-electron chi connectivity index (χ2n) is 3.82. The Morgan fingerprint density at radius 3 is 2.25 bits per heavy atom. The van der Waals surface area contributed by atoms with Crippen LogP contribution in [0.25, 0.3) is 0 Å². The van der Waals surface area contributed by atoms with Crippen LogP contribution in [-0.2, 0) is 10.0 Å². The molecule has 1 aromatic carbocycles. The number of nitrogens with zero attached hydrogens (tertiary/aromatic N) is 1. The second-order valence-corrected chi connectivity index (χ2v) is 5.60. The van der Waals surface area contributed by atoms with Gasteiger partial charge in [0.25, 0.3) is 0 Å². The van der Waals surface area contributed by atoms with Gasteiger partial charge in [-0.1, -0.05) is 12.1 Å². The fourth-order valence-corrected chi connectivity index (χ4v) is 3.15. The van der Waals surface area contributed by atoms with E-state index >= 15 is 0 Å². The number of rotatable bonds is 3. The average Bonchev–Trinajstić information content (AvgIpc) is 2.75. The highest BCUT2D eigenvalue weighted by Crippen LogP contribution is 2.18. The average molecular weight is 242 g/mol. The van der Waals surface area contributed by atoms with Crippen LogP contribution in [0, 0.1) is 11.6 Å². The fourth-order valence-electron chi connectivity index (χ4n) is 1.73. The molecule has 0 unspecified atom stereocenters. The van der Waals surface area contributed by atoms with E-state index < -0.39 is 10.0 Å². The van der Waals surface area contributed by atoms with Gasteiger partial charge in [-0.25, -0.2) is 17.1 Å². The van der Waals surface area contributed by atoms with Gasteiger partial charge in [0, 0.05) is 13.1 Å². The minimum Gasteiger partial charge on any atom is -0.211 e. The lowest BCUT2D eigenvalue weighted by Crippen LogP contribution is -2.27. The Hall–Kier alpha value is -0.940. The summed E-state index contributed by atoms with van der Waals surface area (Å²) < 4.78 is 37.8. The number of benzene rings is 1. The van der Waals surface area contributed by atoms with E-state index in [4.69, 9.17) is 0 Å². The van der Waals surface area contributed by atoms with Gasteiger partial charge in [-0.15, -0.1) is 0 Å². The van der Waals surface area contributed by atoms with E-state index in [2.05, 4.69) is 0 Å². The van der Waals surface area contributed by atoms with Crippen molar-refractivity contribution < 1.29 is 12.8 Å². The zero-order valence-electron chi connectivity index (χ0n) is 8.77. The van der Waals surface area contributed by atoms with E-state index in [1.807, 2.05) is 0 Å². The molecule has 0 bridgehead atoms. The Kier molecular flexibility index (Phi) is 3.25. The van der Waals surface area contributed by atoms with E-state index in [0.29, 0.717) is 18.7 Å². The van der Waals surface area contributed by atoms with Gasteiger partial charge < -0.3 is 0 Å². The van der Waals surface area contributed by atoms with Crippen LogP contribution in [0.15, 0.2) is 24.3 Å². The highest BCUT2D eigenvalue weighted by atomic mass is 32.2. The number of sulfonamides is 1. The van der Waals surface area contributed by atoms with Crippen LogP contribution in [0.4, 0.5) is 4.39 Å². The summed E-state index contributed by atoms with van der Waals surface area (Å²) in [7, 11) is -3.34. The molecule has 0 N–H and O–H groups in total. The van der Waals surface area contributed by atoms with Crippen LogP contribution in [0.5, 0.6) is 0 Å². The first kappa shape index (κ1) is 11.5. The predicted octanol–water partition coefficient (Wildman–Crippen LogP) is 1.76. The first-order valence-electron chi connectivity index (χ1n) is 5.18. The molecule has 0 aromatic heterocycles. The molecule has 1 aliphatic heterocycles. The third-order valence-corrected chi connectivity index (χ3v) is 4.23. The molecule has 0 saturated carbocycles. The Morgan fingerprint density at radius 2 is 1.69 bits per heavy atom. The highest BCUT2D eigenvalue weighted by molar-refractivity contribution is 7.91. The fraction of sp³-hybridized carbons (Fsp3) is 0.364. The first-order valence-corrected chi connectivity index (χ1v) is 6.69. The Balaban J connectivity index is 2.11. The summed E-state index contributed by atoms with van der Waals surface area (Å²) in [6.45, 7) is 1.17. The van der Waals surface area contributed by atoms with Crippen molar-refractivity contribution in [3.8, 4) is 0 Å². The van der Waals surface area contributed by atoms with Crippen LogP contribution in [0.3, 0.4) is 0 Å². The van der Waals surface area contributed by atoms with Gasteiger partial charge in [0.1, 0.15) is 11.6 Å². The molecule has 1 aliphatic rings. The van der Waals surface area contributed by atoms with Crippen molar-refractivity contribution in [2.24, 2.45) is 0 Å². The summed E-state index contributed by atoms with van der Waals surface area (Å²) in [6.07, 6.45) is 1.83. The molecule has 0 aliphatic carbocycles. The van der Waals surface area contributed by atoms with Gasteiger partial charge in [-0.3, -0.25) is 0 Å². The van der Waals surface area contributed by atoms with Crippen molar-refractivity contribution in [3.63, 3.8) is 0 Å². The van der Waals surface area contributed by atoms with Gasteiger partial charge >= 0.3 is 0 Å². The molecule has 1 aromatic rings. The Morgan fingerprint density at radius 1 is 1.12 bits per heavy atom. The standard InChI is InChI=1S/C11H13FNO2S/c12-11-5-3-10(4-6-11)9-16(14,15)13-7-1-2-8-13/h3-6,9H,1-2,7-8H2. The normalized spacial score (nSPS) is 17.8. The maximum absolute atomic E-state index is 12.6. The summed E-state index contributed by atoms with van der Waals surface area (Å²) in [5.74, 6) is 0.827. The third kappa shape index (κ3) is 2.59. The second kappa shape index (κ2) is 4.51. The monoisotopic (exact) mass is 242 g/mol. The van der Waals surface area contributed by atoms with E-state index in [1.54, 1.807) is 0 Å². The van der Waals surface area contributed by atoms with Gasteiger partial charge in [0.15, 0.2) is 0 Å². The topological polar surface area (TPSA) is 37.4 Å². The molecule has 3 nitrogen and oxygen atoms in total. The van der Waals surface area contributed by atoms with Crippen LogP contribution in [0.2, 0.25) is 0 Å². The molecular weight excluding hydrogens is 229 g/mol. The van der Waals surface area contributed by atoms with Crippen LogP contribution in [0.1, 0.15) is 18.4 Å². The van der Waals surface area contributed by atoms with Gasteiger partial charge in [-0.2, -0.15) is 0 Å². The van der Waals surface area contributed by atoms with Crippen LogP contribution in [-0.4, -0.2) is 25.8 Å². The summed E-state index contributed by atoms with van der Waals surface area (Å²) in [4.78, 5) is 0. The molecule has 1 radical (unpaired) electrons. The number of hydrogen-bond acceptors (Lipinski definition) is 2. The van der Waals surface area contributed by atoms with Crippen molar-refractivity contribution in [3.05, 3.63) is 41.4 Å². The molecule has 0 spiro atoms. The lowest BCUT2D eigenvalue weighted by molar-refractivity contribution is 0.484. The minimum absolute atomic E-state index is 0.365. The van der Waals surface area contributed by atoms with Crippen LogP contribution >= 0.6 is 0 Å². The molecule has 2 rings (SSSR count). The van der Waals surface area contributed by atoms with Gasteiger partial charge in [0.2, 0.25) is 10.0 Å². The highest BCUT2D eigenvalue weighted by Gasteiger charge is 2.25. The van der Waals surface area contributed by atoms with E-state index in [1.165, 1.54) is 34.3 Å². The molecule has 1 heterocycles. The van der Waals surface area contributed by atoms with Crippen molar-refractivity contribution in [1.29, 1.82) is 0 Å². The van der Waals surface area contributed by atoms with E-state index in [0.717, 1.165) is 12.8 Å². The maximum atomic E-state index is 12.6. The Labute approximate surface area is 94.9 Å². The molecule has 16 heavy (non-hydrogen) atoms. The lowest BCUT2D eigenvalue weighted by atomic mass is 10.2. The summed E-state index contributed by atoms with van der Waals surface area (Å²) in [5, 5.41) is 0. The zero-order valence-corrected chi connectivity index (χ0v) is 9.58. The quantitative estimate of drug-likeness (QED) is 0.810. The molecule has 1 saturated heterocycles. The van der Waals surface area contributed by atoms with Crippen LogP contribution < -0.4 is 0 Å². The molecule has 0 amide bonds. The molecule has 5 heteroatoms. The third-order valence-electron chi connectivity index (χ3n) is 2.58. The van der Waals surface area contributed by atoms with E-state index in [-0.39, 0.29) is 5.82 Å². The molecule has 1 fully saturated rings. The maximum Gasteiger partial charge on any atom is 0.222 e. The van der Waals surface area contributed by atoms with Crippen molar-refractivity contribution in [2.45, 2.75) is 12.8 Å². The lowest BCUT2D eigenvalue weighted by Gasteiger charge is -2.14. The summed E-state index contributed by atoms with van der Waals surface area (Å²) in [6, 6.07) is 5.43. The summed E-state index contributed by atoms with van der Waals surface area (Å²) in [5.41, 5.74) is 0.508.